The first-order chi connectivity index (χ1) is 15.5. The molecule has 0 aliphatic carbocycles. The summed E-state index contributed by atoms with van der Waals surface area (Å²) in [4.78, 5) is 15.8. The highest BCUT2D eigenvalue weighted by Gasteiger charge is 2.26. The molecule has 0 spiro atoms. The molecule has 0 aliphatic rings. The summed E-state index contributed by atoms with van der Waals surface area (Å²) in [6.45, 7) is 7.71. The van der Waals surface area contributed by atoms with Crippen molar-refractivity contribution in [2.45, 2.75) is 50.6 Å². The second-order valence-electron chi connectivity index (χ2n) is 8.61. The molecule has 3 rings (SSSR count). The van der Waals surface area contributed by atoms with Gasteiger partial charge in [0.25, 0.3) is 0 Å². The van der Waals surface area contributed by atoms with Crippen LogP contribution in [0.1, 0.15) is 44.7 Å². The van der Waals surface area contributed by atoms with E-state index in [1.165, 1.54) is 4.68 Å². The summed E-state index contributed by atoms with van der Waals surface area (Å²) in [5, 5.41) is 18.4. The normalized spacial score (nSPS) is 12.7. The highest BCUT2D eigenvalue weighted by atomic mass is 32.2. The van der Waals surface area contributed by atoms with Crippen molar-refractivity contribution in [1.82, 2.24) is 14.8 Å². The van der Waals surface area contributed by atoms with Crippen molar-refractivity contribution in [2.75, 3.05) is 6.61 Å². The first-order valence-electron chi connectivity index (χ1n) is 10.3. The summed E-state index contributed by atoms with van der Waals surface area (Å²) in [7, 11) is -2.03. The van der Waals surface area contributed by atoms with Crippen LogP contribution < -0.4 is 9.88 Å². The van der Waals surface area contributed by atoms with Crippen LogP contribution in [-0.4, -0.2) is 36.7 Å². The lowest BCUT2D eigenvalue weighted by atomic mass is 9.89. The Morgan fingerprint density at radius 3 is 2.67 bits per heavy atom. The first-order valence-corrected chi connectivity index (χ1v) is 11.6. The molecule has 2 heterocycles. The van der Waals surface area contributed by atoms with E-state index in [-0.39, 0.29) is 24.0 Å². The van der Waals surface area contributed by atoms with Crippen LogP contribution in [0.2, 0.25) is 0 Å². The number of aliphatic carboxylic acids is 1. The van der Waals surface area contributed by atoms with Gasteiger partial charge >= 0.3 is 5.97 Å². The van der Waals surface area contributed by atoms with Gasteiger partial charge in [0.1, 0.15) is 17.6 Å². The molecule has 10 heteroatoms. The lowest BCUT2D eigenvalue weighted by molar-refractivity contribution is -0.136. The zero-order valence-electron chi connectivity index (χ0n) is 18.9. The van der Waals surface area contributed by atoms with Crippen LogP contribution in [0.4, 0.5) is 4.39 Å². The van der Waals surface area contributed by atoms with E-state index >= 15 is 0 Å². The topological polar surface area (TPSA) is 120 Å². The minimum Gasteiger partial charge on any atom is -0.481 e. The molecule has 0 saturated carbocycles. The van der Waals surface area contributed by atoms with Crippen molar-refractivity contribution >= 4 is 17.0 Å². The molecular formula is C23H27FN4O4S. The van der Waals surface area contributed by atoms with Gasteiger partial charge in [0.15, 0.2) is 10.8 Å². The highest BCUT2D eigenvalue weighted by molar-refractivity contribution is 7.82. The van der Waals surface area contributed by atoms with E-state index in [2.05, 4.69) is 10.1 Å². The van der Waals surface area contributed by atoms with Crippen molar-refractivity contribution in [3.8, 4) is 17.0 Å². The molecule has 0 amide bonds. The number of hydrogen-bond acceptors (Lipinski definition) is 5. The third kappa shape index (κ3) is 5.63. The number of pyridine rings is 1. The molecule has 8 nitrogen and oxygen atoms in total. The van der Waals surface area contributed by atoms with E-state index in [0.29, 0.717) is 5.88 Å². The van der Waals surface area contributed by atoms with E-state index < -0.39 is 28.3 Å². The largest absolute Gasteiger partial charge is 0.481 e. The number of carboxylic acids is 1. The SMILES string of the molecule is CC(C)c1cccc(-c2ccnc(OCC(C)(C)n3cc(F)c(S(N)=O)n3)c2)c1CC(=O)O. The Bertz CT molecular complexity index is 1190. The summed E-state index contributed by atoms with van der Waals surface area (Å²) < 4.78 is 32.6. The third-order valence-electron chi connectivity index (χ3n) is 5.23. The predicted molar refractivity (Wildman–Crippen MR) is 123 cm³/mol. The lowest BCUT2D eigenvalue weighted by Crippen LogP contribution is -2.34. The van der Waals surface area contributed by atoms with Gasteiger partial charge in [-0.25, -0.2) is 18.7 Å². The maximum absolute atomic E-state index is 14.0. The number of aromatic nitrogens is 3. The monoisotopic (exact) mass is 474 g/mol. The average molecular weight is 475 g/mol. The van der Waals surface area contributed by atoms with Crippen LogP contribution >= 0.6 is 0 Å². The van der Waals surface area contributed by atoms with Crippen molar-refractivity contribution < 1.29 is 23.2 Å². The molecule has 1 atom stereocenters. The molecule has 0 bridgehead atoms. The zero-order valence-corrected chi connectivity index (χ0v) is 19.7. The first kappa shape index (κ1) is 24.5. The van der Waals surface area contributed by atoms with Gasteiger partial charge in [-0.15, -0.1) is 0 Å². The second kappa shape index (κ2) is 9.80. The molecule has 1 unspecified atom stereocenters. The molecule has 0 aliphatic heterocycles. The molecule has 0 fully saturated rings. The second-order valence-corrected chi connectivity index (χ2v) is 9.59. The average Bonchev–Trinajstić information content (AvgIpc) is 3.15. The Labute approximate surface area is 194 Å². The number of nitrogens with zero attached hydrogens (tertiary/aromatic N) is 3. The number of rotatable bonds is 9. The molecule has 2 aromatic heterocycles. The molecule has 33 heavy (non-hydrogen) atoms. The fourth-order valence-corrected chi connectivity index (χ4v) is 3.93. The van der Waals surface area contributed by atoms with E-state index in [4.69, 9.17) is 9.88 Å². The molecule has 1 aromatic carbocycles. The number of carboxylic acid groups (broad SMARTS) is 1. The fourth-order valence-electron chi connectivity index (χ4n) is 3.52. The van der Waals surface area contributed by atoms with Crippen LogP contribution in [0.5, 0.6) is 5.88 Å². The molecule has 3 N–H and O–H groups in total. The summed E-state index contributed by atoms with van der Waals surface area (Å²) in [5.41, 5.74) is 2.53. The van der Waals surface area contributed by atoms with Crippen LogP contribution in [0, 0.1) is 5.82 Å². The Balaban J connectivity index is 1.88. The quantitative estimate of drug-likeness (QED) is 0.489. The summed E-state index contributed by atoms with van der Waals surface area (Å²) >= 11 is 0. The number of nitrogens with two attached hydrogens (primary N) is 1. The van der Waals surface area contributed by atoms with Gasteiger partial charge < -0.3 is 9.84 Å². The molecule has 0 saturated heterocycles. The van der Waals surface area contributed by atoms with Crippen LogP contribution in [0.15, 0.2) is 47.8 Å². The minimum atomic E-state index is -2.03. The number of ether oxygens (including phenoxy) is 1. The van der Waals surface area contributed by atoms with E-state index in [9.17, 15) is 18.5 Å². The van der Waals surface area contributed by atoms with E-state index in [1.54, 1.807) is 32.2 Å². The van der Waals surface area contributed by atoms with Gasteiger partial charge in [-0.3, -0.25) is 9.48 Å². The van der Waals surface area contributed by atoms with Gasteiger partial charge in [0.2, 0.25) is 5.88 Å². The highest BCUT2D eigenvalue weighted by Crippen LogP contribution is 2.32. The van der Waals surface area contributed by atoms with Crippen LogP contribution in [0.25, 0.3) is 11.1 Å². The summed E-state index contributed by atoms with van der Waals surface area (Å²) in [6.07, 6.45) is 2.63. The Morgan fingerprint density at radius 2 is 2.06 bits per heavy atom. The van der Waals surface area contributed by atoms with Gasteiger partial charge in [-0.1, -0.05) is 32.0 Å². The van der Waals surface area contributed by atoms with Crippen LogP contribution in [-0.2, 0) is 27.7 Å². The number of benzene rings is 1. The smallest absolute Gasteiger partial charge is 0.307 e. The zero-order chi connectivity index (χ0) is 24.3. The molecule has 176 valence electrons. The van der Waals surface area contributed by atoms with Crippen molar-refractivity contribution in [2.24, 2.45) is 5.14 Å². The number of carbonyl (C=O) groups is 1. The third-order valence-corrected chi connectivity index (χ3v) is 5.89. The van der Waals surface area contributed by atoms with Crippen LogP contribution in [0.3, 0.4) is 0 Å². The summed E-state index contributed by atoms with van der Waals surface area (Å²) in [5.74, 6) is -1.16. The Hall–Kier alpha value is -3.11. The van der Waals surface area contributed by atoms with Crippen molar-refractivity contribution in [3.05, 3.63) is 59.7 Å². The number of halogens is 1. The van der Waals surface area contributed by atoms with Gasteiger partial charge in [-0.2, -0.15) is 5.10 Å². The minimum absolute atomic E-state index is 0.0923. The molecular weight excluding hydrogens is 447 g/mol. The van der Waals surface area contributed by atoms with Crippen molar-refractivity contribution in [3.63, 3.8) is 0 Å². The molecule has 0 radical (unpaired) electrons. The molecule has 3 aromatic rings. The maximum atomic E-state index is 14.0. The standard InChI is InChI=1S/C23H27FN4O4S/c1-14(2)16-6-5-7-17(18(16)11-21(29)30)15-8-9-26-20(10-15)32-13-23(3,4)28-12-19(24)22(27-28)33(25)31/h5-10,12,14H,11,13,25H2,1-4H3,(H,29,30). The lowest BCUT2D eigenvalue weighted by Gasteiger charge is -2.25. The van der Waals surface area contributed by atoms with Gasteiger partial charge in [0.05, 0.1) is 18.2 Å². The number of hydrogen-bond donors (Lipinski definition) is 2. The van der Waals surface area contributed by atoms with E-state index in [1.807, 2.05) is 32.0 Å². The van der Waals surface area contributed by atoms with Gasteiger partial charge in [-0.05, 0) is 48.1 Å². The van der Waals surface area contributed by atoms with E-state index in [0.717, 1.165) is 28.5 Å². The maximum Gasteiger partial charge on any atom is 0.307 e. The van der Waals surface area contributed by atoms with Crippen molar-refractivity contribution in [1.29, 1.82) is 0 Å². The Morgan fingerprint density at radius 1 is 1.33 bits per heavy atom. The summed E-state index contributed by atoms with van der Waals surface area (Å²) in [6, 6.07) is 9.28. The Kier molecular flexibility index (Phi) is 7.28. The van der Waals surface area contributed by atoms with Gasteiger partial charge in [0, 0.05) is 12.3 Å². The fraction of sp³-hybridized carbons (Fsp3) is 0.348. The predicted octanol–water partition coefficient (Wildman–Crippen LogP) is 3.63.